The molecular weight excluding hydrogens is 263 g/mol. The third kappa shape index (κ3) is 3.26. The Morgan fingerprint density at radius 3 is 2.40 bits per heavy atom. The molecule has 20 heavy (non-hydrogen) atoms. The van der Waals surface area contributed by atoms with E-state index in [1.165, 1.54) is 17.0 Å². The molecule has 1 saturated heterocycles. The third-order valence-corrected chi connectivity index (χ3v) is 3.96. The van der Waals surface area contributed by atoms with E-state index in [0.29, 0.717) is 19.3 Å². The lowest BCUT2D eigenvalue weighted by molar-refractivity contribution is -0.0363. The fourth-order valence-electron chi connectivity index (χ4n) is 2.52. The number of rotatable bonds is 3. The van der Waals surface area contributed by atoms with Crippen molar-refractivity contribution in [3.63, 3.8) is 0 Å². The Hall–Kier alpha value is -1.66. The van der Waals surface area contributed by atoms with Gasteiger partial charge < -0.3 is 20.8 Å². The number of nitrogens with two attached hydrogens (primary N) is 1. The molecule has 1 unspecified atom stereocenters. The standard InChI is InChI=1S/C14H19FN2O3/c15-11-3-1-10(2-4-11)9-12(16)14(20)5-7-17(8-6-14)13(18)19/h1-4,12,20H,5-9,16H2,(H,18,19). The van der Waals surface area contributed by atoms with Gasteiger partial charge in [-0.15, -0.1) is 0 Å². The molecule has 1 aromatic carbocycles. The minimum absolute atomic E-state index is 0.281. The van der Waals surface area contributed by atoms with Crippen LogP contribution in [-0.2, 0) is 6.42 Å². The molecule has 6 heteroatoms. The summed E-state index contributed by atoms with van der Waals surface area (Å²) in [5, 5.41) is 19.4. The van der Waals surface area contributed by atoms with E-state index < -0.39 is 17.7 Å². The summed E-state index contributed by atoms with van der Waals surface area (Å²) in [6.07, 6.45) is 0.104. The monoisotopic (exact) mass is 282 g/mol. The molecule has 1 heterocycles. The van der Waals surface area contributed by atoms with Crippen LogP contribution in [0.4, 0.5) is 9.18 Å². The van der Waals surface area contributed by atoms with Gasteiger partial charge in [-0.1, -0.05) is 12.1 Å². The van der Waals surface area contributed by atoms with Crippen molar-refractivity contribution in [3.05, 3.63) is 35.6 Å². The lowest BCUT2D eigenvalue weighted by Gasteiger charge is -2.40. The average molecular weight is 282 g/mol. The van der Waals surface area contributed by atoms with Crippen molar-refractivity contribution in [1.29, 1.82) is 0 Å². The molecule has 0 aliphatic carbocycles. The minimum atomic E-state index is -1.07. The van der Waals surface area contributed by atoms with Crippen molar-refractivity contribution < 1.29 is 19.4 Å². The molecular formula is C14H19FN2O3. The van der Waals surface area contributed by atoms with E-state index in [2.05, 4.69) is 0 Å². The van der Waals surface area contributed by atoms with E-state index >= 15 is 0 Å². The summed E-state index contributed by atoms with van der Waals surface area (Å²) in [6.45, 7) is 0.561. The highest BCUT2D eigenvalue weighted by Gasteiger charge is 2.38. The number of nitrogens with zero attached hydrogens (tertiary/aromatic N) is 1. The van der Waals surface area contributed by atoms with Crippen LogP contribution in [0.15, 0.2) is 24.3 Å². The van der Waals surface area contributed by atoms with Gasteiger partial charge in [-0.25, -0.2) is 9.18 Å². The maximum absolute atomic E-state index is 12.8. The Labute approximate surface area is 116 Å². The van der Waals surface area contributed by atoms with Crippen molar-refractivity contribution >= 4 is 6.09 Å². The SMILES string of the molecule is NC(Cc1ccc(F)cc1)C1(O)CCN(C(=O)O)CC1. The summed E-state index contributed by atoms with van der Waals surface area (Å²) in [5.41, 5.74) is 5.85. The fourth-order valence-corrected chi connectivity index (χ4v) is 2.52. The van der Waals surface area contributed by atoms with Crippen LogP contribution in [0, 0.1) is 5.82 Å². The van der Waals surface area contributed by atoms with Crippen LogP contribution in [0.1, 0.15) is 18.4 Å². The predicted molar refractivity (Wildman–Crippen MR) is 71.9 cm³/mol. The first-order chi connectivity index (χ1) is 9.40. The molecule has 0 aromatic heterocycles. The zero-order chi connectivity index (χ0) is 14.8. The number of carbonyl (C=O) groups is 1. The van der Waals surface area contributed by atoms with Gasteiger partial charge in [0.25, 0.3) is 0 Å². The Balaban J connectivity index is 1.96. The van der Waals surface area contributed by atoms with Crippen LogP contribution in [0.2, 0.25) is 0 Å². The highest BCUT2D eigenvalue weighted by molar-refractivity contribution is 5.65. The van der Waals surface area contributed by atoms with Crippen LogP contribution in [0.25, 0.3) is 0 Å². The Morgan fingerprint density at radius 1 is 1.35 bits per heavy atom. The van der Waals surface area contributed by atoms with Crippen molar-refractivity contribution in [2.75, 3.05) is 13.1 Å². The molecule has 0 radical (unpaired) electrons. The zero-order valence-electron chi connectivity index (χ0n) is 11.1. The number of piperidine rings is 1. The molecule has 2 rings (SSSR count). The molecule has 4 N–H and O–H groups in total. The van der Waals surface area contributed by atoms with Gasteiger partial charge in [-0.2, -0.15) is 0 Å². The van der Waals surface area contributed by atoms with E-state index in [-0.39, 0.29) is 18.9 Å². The van der Waals surface area contributed by atoms with Crippen LogP contribution in [0.3, 0.4) is 0 Å². The largest absolute Gasteiger partial charge is 0.465 e. The van der Waals surface area contributed by atoms with E-state index in [0.717, 1.165) is 5.56 Å². The number of hydrogen-bond acceptors (Lipinski definition) is 3. The van der Waals surface area contributed by atoms with Gasteiger partial charge in [0.05, 0.1) is 5.60 Å². The highest BCUT2D eigenvalue weighted by Crippen LogP contribution is 2.26. The lowest BCUT2D eigenvalue weighted by Crippen LogP contribution is -2.56. The second-order valence-corrected chi connectivity index (χ2v) is 5.31. The molecule has 1 aromatic rings. The topological polar surface area (TPSA) is 86.8 Å². The van der Waals surface area contributed by atoms with Crippen molar-refractivity contribution in [2.45, 2.75) is 30.9 Å². The number of benzene rings is 1. The minimum Gasteiger partial charge on any atom is -0.465 e. The Bertz CT molecular complexity index is 470. The van der Waals surface area contributed by atoms with E-state index in [1.54, 1.807) is 12.1 Å². The van der Waals surface area contributed by atoms with E-state index in [4.69, 9.17) is 10.8 Å². The summed E-state index contributed by atoms with van der Waals surface area (Å²) in [7, 11) is 0. The first-order valence-corrected chi connectivity index (χ1v) is 6.61. The molecule has 0 bridgehead atoms. The normalized spacial score (nSPS) is 19.6. The molecule has 1 fully saturated rings. The molecule has 0 saturated carbocycles. The van der Waals surface area contributed by atoms with Gasteiger partial charge in [0.2, 0.25) is 0 Å². The predicted octanol–water partition coefficient (Wildman–Crippen LogP) is 1.20. The van der Waals surface area contributed by atoms with Crippen LogP contribution in [-0.4, -0.2) is 45.9 Å². The molecule has 110 valence electrons. The van der Waals surface area contributed by atoms with Crippen LogP contribution < -0.4 is 5.73 Å². The van der Waals surface area contributed by atoms with Gasteiger partial charge in [-0.05, 0) is 37.0 Å². The van der Waals surface area contributed by atoms with Crippen LogP contribution in [0.5, 0.6) is 0 Å². The summed E-state index contributed by atoms with van der Waals surface area (Å²) in [6, 6.07) is 5.51. The number of carboxylic acid groups (broad SMARTS) is 1. The van der Waals surface area contributed by atoms with Gasteiger partial charge in [-0.3, -0.25) is 0 Å². The van der Waals surface area contributed by atoms with Gasteiger partial charge >= 0.3 is 6.09 Å². The molecule has 5 nitrogen and oxygen atoms in total. The fraction of sp³-hybridized carbons (Fsp3) is 0.500. The van der Waals surface area contributed by atoms with Gasteiger partial charge in [0.1, 0.15) is 5.82 Å². The van der Waals surface area contributed by atoms with Gasteiger partial charge in [0.15, 0.2) is 0 Å². The second kappa shape index (κ2) is 5.76. The van der Waals surface area contributed by atoms with Crippen LogP contribution >= 0.6 is 0 Å². The molecule has 1 atom stereocenters. The number of halogens is 1. The van der Waals surface area contributed by atoms with Gasteiger partial charge in [0, 0.05) is 19.1 Å². The number of aliphatic hydroxyl groups is 1. The molecule has 1 aliphatic rings. The maximum Gasteiger partial charge on any atom is 0.407 e. The van der Waals surface area contributed by atoms with E-state index in [9.17, 15) is 14.3 Å². The summed E-state index contributed by atoms with van der Waals surface area (Å²) in [4.78, 5) is 12.1. The molecule has 1 amide bonds. The molecule has 1 aliphatic heterocycles. The summed E-state index contributed by atoms with van der Waals surface area (Å²) in [5.74, 6) is -0.309. The highest BCUT2D eigenvalue weighted by atomic mass is 19.1. The Kier molecular flexibility index (Phi) is 4.25. The Morgan fingerprint density at radius 2 is 1.90 bits per heavy atom. The summed E-state index contributed by atoms with van der Waals surface area (Å²) >= 11 is 0. The number of hydrogen-bond donors (Lipinski definition) is 3. The lowest BCUT2D eigenvalue weighted by atomic mass is 9.82. The zero-order valence-corrected chi connectivity index (χ0v) is 11.1. The smallest absolute Gasteiger partial charge is 0.407 e. The average Bonchev–Trinajstić information content (AvgIpc) is 2.42. The summed E-state index contributed by atoms with van der Waals surface area (Å²) < 4.78 is 12.8. The second-order valence-electron chi connectivity index (χ2n) is 5.31. The quantitative estimate of drug-likeness (QED) is 0.777. The maximum atomic E-state index is 12.8. The third-order valence-electron chi connectivity index (χ3n) is 3.96. The first-order valence-electron chi connectivity index (χ1n) is 6.61. The van der Waals surface area contributed by atoms with E-state index in [1.807, 2.05) is 0 Å². The first kappa shape index (κ1) is 14.7. The van der Waals surface area contributed by atoms with Crippen molar-refractivity contribution in [3.8, 4) is 0 Å². The van der Waals surface area contributed by atoms with Crippen molar-refractivity contribution in [1.82, 2.24) is 4.90 Å². The number of likely N-dealkylation sites (tertiary alicyclic amines) is 1. The number of amides is 1. The van der Waals surface area contributed by atoms with Crippen molar-refractivity contribution in [2.24, 2.45) is 5.73 Å². The molecule has 0 spiro atoms.